The van der Waals surface area contributed by atoms with Crippen molar-refractivity contribution in [1.82, 2.24) is 5.32 Å². The van der Waals surface area contributed by atoms with Gasteiger partial charge in [0.05, 0.1) is 6.10 Å². The van der Waals surface area contributed by atoms with Gasteiger partial charge in [-0.2, -0.15) is 0 Å². The van der Waals surface area contributed by atoms with Crippen molar-refractivity contribution in [3.8, 4) is 0 Å². The molecule has 16 heavy (non-hydrogen) atoms. The van der Waals surface area contributed by atoms with Crippen LogP contribution in [0.25, 0.3) is 0 Å². The van der Waals surface area contributed by atoms with Crippen LogP contribution in [0.2, 0.25) is 0 Å². The molecule has 2 nitrogen and oxygen atoms in total. The molecule has 1 aliphatic rings. The predicted molar refractivity (Wildman–Crippen MR) is 71.7 cm³/mol. The largest absolute Gasteiger partial charge is 0.393 e. The molecule has 0 bridgehead atoms. The number of hydrogen-bond acceptors (Lipinski definition) is 3. The maximum absolute atomic E-state index is 9.83. The van der Waals surface area contributed by atoms with Gasteiger partial charge in [0.1, 0.15) is 0 Å². The van der Waals surface area contributed by atoms with Crippen LogP contribution in [0.5, 0.6) is 0 Å². The molecule has 2 atom stereocenters. The minimum absolute atomic E-state index is 0.0898. The molecule has 1 aliphatic carbocycles. The van der Waals surface area contributed by atoms with Crippen LogP contribution in [-0.2, 0) is 6.54 Å². The molecule has 0 amide bonds. The Morgan fingerprint density at radius 2 is 2.25 bits per heavy atom. The normalized spacial score (nSPS) is 25.9. The number of halogens is 1. The van der Waals surface area contributed by atoms with E-state index in [1.165, 1.54) is 28.6 Å². The Morgan fingerprint density at radius 3 is 2.94 bits per heavy atom. The highest BCUT2D eigenvalue weighted by Gasteiger charge is 2.22. The van der Waals surface area contributed by atoms with Crippen LogP contribution in [0, 0.1) is 5.92 Å². The van der Waals surface area contributed by atoms with Gasteiger partial charge in [0.2, 0.25) is 0 Å². The molecular weight excluding hydrogens is 286 g/mol. The van der Waals surface area contributed by atoms with Crippen LogP contribution in [-0.4, -0.2) is 17.8 Å². The number of rotatable bonds is 4. The SMILES string of the molecule is OC1CCCCC1CNCc1sccc1Br. The first-order valence-corrected chi connectivity index (χ1v) is 7.55. The lowest BCUT2D eigenvalue weighted by molar-refractivity contribution is 0.0695. The van der Waals surface area contributed by atoms with Crippen LogP contribution < -0.4 is 5.32 Å². The van der Waals surface area contributed by atoms with Gasteiger partial charge in [-0.15, -0.1) is 11.3 Å². The molecule has 0 radical (unpaired) electrons. The molecule has 0 spiro atoms. The Labute approximate surface area is 109 Å². The van der Waals surface area contributed by atoms with Crippen LogP contribution in [0.3, 0.4) is 0 Å². The monoisotopic (exact) mass is 303 g/mol. The first kappa shape index (κ1) is 12.6. The summed E-state index contributed by atoms with van der Waals surface area (Å²) in [5, 5.41) is 15.4. The van der Waals surface area contributed by atoms with E-state index >= 15 is 0 Å². The third-order valence-corrected chi connectivity index (χ3v) is 5.18. The van der Waals surface area contributed by atoms with Crippen molar-refractivity contribution in [2.45, 2.75) is 38.3 Å². The number of aliphatic hydroxyl groups is 1. The summed E-state index contributed by atoms with van der Waals surface area (Å²) in [5.41, 5.74) is 0. The summed E-state index contributed by atoms with van der Waals surface area (Å²) < 4.78 is 1.19. The average Bonchev–Trinajstić information content (AvgIpc) is 2.67. The van der Waals surface area contributed by atoms with E-state index in [4.69, 9.17) is 0 Å². The van der Waals surface area contributed by atoms with Gasteiger partial charge >= 0.3 is 0 Å². The number of thiophene rings is 1. The lowest BCUT2D eigenvalue weighted by atomic mass is 9.86. The molecule has 0 aliphatic heterocycles. The Kier molecular flexibility index (Phi) is 4.82. The number of aliphatic hydroxyl groups excluding tert-OH is 1. The summed E-state index contributed by atoms with van der Waals surface area (Å²) in [5.74, 6) is 0.451. The Morgan fingerprint density at radius 1 is 1.44 bits per heavy atom. The zero-order valence-corrected chi connectivity index (χ0v) is 11.7. The Balaban J connectivity index is 1.73. The third kappa shape index (κ3) is 3.29. The second kappa shape index (κ2) is 6.15. The van der Waals surface area contributed by atoms with E-state index in [2.05, 4.69) is 32.7 Å². The molecule has 1 aromatic heterocycles. The molecule has 4 heteroatoms. The van der Waals surface area contributed by atoms with Crippen molar-refractivity contribution >= 4 is 27.3 Å². The summed E-state index contributed by atoms with van der Waals surface area (Å²) in [7, 11) is 0. The molecule has 0 saturated heterocycles. The highest BCUT2D eigenvalue weighted by molar-refractivity contribution is 9.10. The maximum atomic E-state index is 9.83. The van der Waals surface area contributed by atoms with Crippen LogP contribution in [0.4, 0.5) is 0 Å². The van der Waals surface area contributed by atoms with Gasteiger partial charge < -0.3 is 10.4 Å². The van der Waals surface area contributed by atoms with Crippen molar-refractivity contribution in [1.29, 1.82) is 0 Å². The summed E-state index contributed by atoms with van der Waals surface area (Å²) >= 11 is 5.29. The predicted octanol–water partition coefficient (Wildman–Crippen LogP) is 3.15. The van der Waals surface area contributed by atoms with Crippen molar-refractivity contribution < 1.29 is 5.11 Å². The van der Waals surface area contributed by atoms with Gasteiger partial charge in [-0.1, -0.05) is 12.8 Å². The lowest BCUT2D eigenvalue weighted by Gasteiger charge is -2.27. The Bertz CT molecular complexity index is 329. The van der Waals surface area contributed by atoms with Crippen molar-refractivity contribution in [3.05, 3.63) is 20.8 Å². The van der Waals surface area contributed by atoms with E-state index in [0.717, 1.165) is 19.5 Å². The fourth-order valence-corrected chi connectivity index (χ4v) is 3.71. The molecule has 2 rings (SSSR count). The summed E-state index contributed by atoms with van der Waals surface area (Å²) in [6, 6.07) is 2.08. The van der Waals surface area contributed by atoms with E-state index < -0.39 is 0 Å². The summed E-state index contributed by atoms with van der Waals surface area (Å²) in [6.45, 7) is 1.84. The fourth-order valence-electron chi connectivity index (χ4n) is 2.25. The molecule has 1 fully saturated rings. The minimum atomic E-state index is -0.0898. The lowest BCUT2D eigenvalue weighted by Crippen LogP contribution is -2.33. The van der Waals surface area contributed by atoms with Crippen molar-refractivity contribution in [2.75, 3.05) is 6.54 Å². The summed E-state index contributed by atoms with van der Waals surface area (Å²) in [4.78, 5) is 1.34. The molecule has 1 aromatic rings. The van der Waals surface area contributed by atoms with E-state index in [9.17, 15) is 5.11 Å². The smallest absolute Gasteiger partial charge is 0.0580 e. The van der Waals surface area contributed by atoms with Crippen LogP contribution in [0.1, 0.15) is 30.6 Å². The second-order valence-electron chi connectivity index (χ2n) is 4.43. The van der Waals surface area contributed by atoms with Crippen molar-refractivity contribution in [3.63, 3.8) is 0 Å². The zero-order valence-electron chi connectivity index (χ0n) is 9.29. The molecular formula is C12H18BrNOS. The topological polar surface area (TPSA) is 32.3 Å². The first-order valence-electron chi connectivity index (χ1n) is 5.88. The minimum Gasteiger partial charge on any atom is -0.393 e. The zero-order chi connectivity index (χ0) is 11.4. The van der Waals surface area contributed by atoms with E-state index in [1.54, 1.807) is 11.3 Å². The van der Waals surface area contributed by atoms with E-state index in [-0.39, 0.29) is 6.10 Å². The maximum Gasteiger partial charge on any atom is 0.0580 e. The fraction of sp³-hybridized carbons (Fsp3) is 0.667. The van der Waals surface area contributed by atoms with E-state index in [0.29, 0.717) is 5.92 Å². The average molecular weight is 304 g/mol. The molecule has 2 N–H and O–H groups in total. The van der Waals surface area contributed by atoms with Gasteiger partial charge in [0.25, 0.3) is 0 Å². The number of nitrogens with one attached hydrogen (secondary N) is 1. The van der Waals surface area contributed by atoms with Crippen LogP contribution in [0.15, 0.2) is 15.9 Å². The van der Waals surface area contributed by atoms with Gasteiger partial charge in [0.15, 0.2) is 0 Å². The first-order chi connectivity index (χ1) is 7.77. The molecule has 2 unspecified atom stereocenters. The highest BCUT2D eigenvalue weighted by atomic mass is 79.9. The quantitative estimate of drug-likeness (QED) is 0.895. The number of hydrogen-bond donors (Lipinski definition) is 2. The van der Waals surface area contributed by atoms with E-state index in [1.807, 2.05) is 0 Å². The molecule has 1 saturated carbocycles. The van der Waals surface area contributed by atoms with Gasteiger partial charge in [0, 0.05) is 22.4 Å². The van der Waals surface area contributed by atoms with Crippen molar-refractivity contribution in [2.24, 2.45) is 5.92 Å². The summed E-state index contributed by atoms with van der Waals surface area (Å²) in [6.07, 6.45) is 4.52. The highest BCUT2D eigenvalue weighted by Crippen LogP contribution is 2.25. The standard InChI is InChI=1S/C12H18BrNOS/c13-10-5-6-16-12(10)8-14-7-9-3-1-2-4-11(9)15/h5-6,9,11,14-15H,1-4,7-8H2. The van der Waals surface area contributed by atoms with Gasteiger partial charge in [-0.25, -0.2) is 0 Å². The Hall–Kier alpha value is 0.100. The molecule has 1 heterocycles. The van der Waals surface area contributed by atoms with Gasteiger partial charge in [-0.05, 0) is 46.1 Å². The molecule has 90 valence electrons. The second-order valence-corrected chi connectivity index (χ2v) is 6.29. The van der Waals surface area contributed by atoms with Crippen LogP contribution >= 0.6 is 27.3 Å². The molecule has 0 aromatic carbocycles. The van der Waals surface area contributed by atoms with Gasteiger partial charge in [-0.3, -0.25) is 0 Å². The third-order valence-electron chi connectivity index (χ3n) is 3.25.